The molecule has 1 heterocycles. The summed E-state index contributed by atoms with van der Waals surface area (Å²) < 4.78 is 0. The van der Waals surface area contributed by atoms with Gasteiger partial charge in [-0.25, -0.2) is 0 Å². The summed E-state index contributed by atoms with van der Waals surface area (Å²) in [6, 6.07) is 7.21. The summed E-state index contributed by atoms with van der Waals surface area (Å²) in [5, 5.41) is 20.5. The average molecular weight is 279 g/mol. The molecule has 8 heteroatoms. The van der Waals surface area contributed by atoms with Gasteiger partial charge in [-0.1, -0.05) is 17.7 Å². The van der Waals surface area contributed by atoms with Crippen molar-refractivity contribution < 1.29 is 9.72 Å². The second-order valence-corrected chi connectivity index (χ2v) is 3.86. The van der Waals surface area contributed by atoms with Gasteiger partial charge < -0.3 is 5.32 Å². The fraction of sp³-hybridized carbons (Fsp3) is 0. The van der Waals surface area contributed by atoms with Crippen LogP contribution >= 0.6 is 11.6 Å². The van der Waals surface area contributed by atoms with Gasteiger partial charge in [-0.15, -0.1) is 5.10 Å². The van der Waals surface area contributed by atoms with Crippen LogP contribution in [0.15, 0.2) is 36.5 Å². The highest BCUT2D eigenvalue weighted by atomic mass is 35.5. The highest BCUT2D eigenvalue weighted by Crippen LogP contribution is 2.28. The quantitative estimate of drug-likeness (QED) is 0.686. The molecule has 0 bridgehead atoms. The van der Waals surface area contributed by atoms with Crippen molar-refractivity contribution in [2.45, 2.75) is 0 Å². The van der Waals surface area contributed by atoms with Crippen LogP contribution in [0.5, 0.6) is 0 Å². The Morgan fingerprint density at radius 3 is 2.74 bits per heavy atom. The molecule has 0 aliphatic heterocycles. The maximum atomic E-state index is 11.9. The first-order valence-corrected chi connectivity index (χ1v) is 5.49. The van der Waals surface area contributed by atoms with E-state index in [0.717, 1.165) is 0 Å². The van der Waals surface area contributed by atoms with E-state index < -0.39 is 16.5 Å². The van der Waals surface area contributed by atoms with Gasteiger partial charge in [0, 0.05) is 6.20 Å². The van der Waals surface area contributed by atoms with Gasteiger partial charge in [-0.2, -0.15) is 5.10 Å². The number of carbonyl (C=O) groups excluding carboxylic acids is 1. The monoisotopic (exact) mass is 278 g/mol. The van der Waals surface area contributed by atoms with Crippen LogP contribution in [-0.2, 0) is 0 Å². The van der Waals surface area contributed by atoms with Crippen LogP contribution in [0.3, 0.4) is 0 Å². The maximum absolute atomic E-state index is 11.9. The molecule has 19 heavy (non-hydrogen) atoms. The molecule has 0 aliphatic rings. The summed E-state index contributed by atoms with van der Waals surface area (Å²) in [6.45, 7) is 0. The summed E-state index contributed by atoms with van der Waals surface area (Å²) in [6.07, 6.45) is 1.44. The van der Waals surface area contributed by atoms with Crippen molar-refractivity contribution in [3.05, 3.63) is 57.2 Å². The minimum absolute atomic E-state index is 0.100. The Hall–Kier alpha value is -2.54. The molecule has 1 amide bonds. The van der Waals surface area contributed by atoms with Crippen LogP contribution < -0.4 is 5.32 Å². The standard InChI is InChI=1S/C11H7ClN4O3/c12-8-4-1-3-7(10(8)16(18)19)11(17)14-9-5-2-6-13-15-9/h1-6H,(H,14,15,17). The van der Waals surface area contributed by atoms with Crippen molar-refractivity contribution in [3.8, 4) is 0 Å². The molecule has 96 valence electrons. The molecule has 1 aromatic heterocycles. The molecule has 2 rings (SSSR count). The molecule has 1 N–H and O–H groups in total. The van der Waals surface area contributed by atoms with Crippen molar-refractivity contribution in [1.82, 2.24) is 10.2 Å². The predicted octanol–water partition coefficient (Wildman–Crippen LogP) is 2.29. The van der Waals surface area contributed by atoms with E-state index in [9.17, 15) is 14.9 Å². The molecular formula is C11H7ClN4O3. The lowest BCUT2D eigenvalue weighted by Gasteiger charge is -2.05. The number of nitrogens with one attached hydrogen (secondary N) is 1. The average Bonchev–Trinajstić information content (AvgIpc) is 2.39. The first kappa shape index (κ1) is 12.9. The number of anilines is 1. The first-order valence-electron chi connectivity index (χ1n) is 5.11. The molecule has 0 saturated heterocycles. The third kappa shape index (κ3) is 2.83. The van der Waals surface area contributed by atoms with Gasteiger partial charge in [0.2, 0.25) is 0 Å². The number of hydrogen-bond donors (Lipinski definition) is 1. The Kier molecular flexibility index (Phi) is 3.67. The molecule has 1 aromatic carbocycles. The summed E-state index contributed by atoms with van der Waals surface area (Å²) in [7, 11) is 0. The van der Waals surface area contributed by atoms with Gasteiger partial charge >= 0.3 is 5.69 Å². The summed E-state index contributed by atoms with van der Waals surface area (Å²) in [4.78, 5) is 22.2. The molecule has 0 fully saturated rings. The highest BCUT2D eigenvalue weighted by Gasteiger charge is 2.23. The number of aromatic nitrogens is 2. The van der Waals surface area contributed by atoms with Gasteiger partial charge in [-0.05, 0) is 24.3 Å². The number of halogens is 1. The largest absolute Gasteiger partial charge is 0.305 e. The number of para-hydroxylation sites is 1. The van der Waals surface area contributed by atoms with E-state index in [2.05, 4.69) is 15.5 Å². The molecule has 0 saturated carbocycles. The second-order valence-electron chi connectivity index (χ2n) is 3.46. The Morgan fingerprint density at radius 2 is 2.11 bits per heavy atom. The molecule has 2 aromatic rings. The van der Waals surface area contributed by atoms with Crippen LogP contribution in [0.1, 0.15) is 10.4 Å². The first-order chi connectivity index (χ1) is 9.09. The number of rotatable bonds is 3. The fourth-order valence-electron chi connectivity index (χ4n) is 1.44. The van der Waals surface area contributed by atoms with E-state index in [1.165, 1.54) is 30.5 Å². The number of nitro benzene ring substituents is 1. The number of nitro groups is 1. The molecule has 0 atom stereocenters. The number of carbonyl (C=O) groups is 1. The number of hydrogen-bond acceptors (Lipinski definition) is 5. The van der Waals surface area contributed by atoms with Crippen LogP contribution in [0.2, 0.25) is 5.02 Å². The third-order valence-corrected chi connectivity index (χ3v) is 2.53. The SMILES string of the molecule is O=C(Nc1cccnn1)c1cccc(Cl)c1[N+](=O)[O-]. The van der Waals surface area contributed by atoms with E-state index in [4.69, 9.17) is 11.6 Å². The van der Waals surface area contributed by atoms with E-state index in [-0.39, 0.29) is 16.4 Å². The van der Waals surface area contributed by atoms with Crippen molar-refractivity contribution in [1.29, 1.82) is 0 Å². The van der Waals surface area contributed by atoms with Gasteiger partial charge in [-0.3, -0.25) is 14.9 Å². The van der Waals surface area contributed by atoms with Gasteiger partial charge in [0.1, 0.15) is 10.6 Å². The van der Waals surface area contributed by atoms with Crippen LogP contribution in [0.25, 0.3) is 0 Å². The lowest BCUT2D eigenvalue weighted by Crippen LogP contribution is -2.15. The summed E-state index contributed by atoms with van der Waals surface area (Å²) >= 11 is 5.72. The van der Waals surface area contributed by atoms with Gasteiger partial charge in [0.05, 0.1) is 4.92 Å². The molecule has 0 radical (unpaired) electrons. The lowest BCUT2D eigenvalue weighted by molar-refractivity contribution is -0.385. The zero-order chi connectivity index (χ0) is 13.8. The number of amides is 1. The van der Waals surface area contributed by atoms with Crippen molar-refractivity contribution in [2.75, 3.05) is 5.32 Å². The van der Waals surface area contributed by atoms with E-state index in [1.807, 2.05) is 0 Å². The summed E-state index contributed by atoms with van der Waals surface area (Å²) in [5.41, 5.74) is -0.575. The van der Waals surface area contributed by atoms with Crippen LogP contribution in [0, 0.1) is 10.1 Å². The maximum Gasteiger partial charge on any atom is 0.300 e. The minimum atomic E-state index is -0.700. The molecule has 0 spiro atoms. The van der Waals surface area contributed by atoms with Crippen LogP contribution in [-0.4, -0.2) is 21.0 Å². The Balaban J connectivity index is 2.35. The molecular weight excluding hydrogens is 272 g/mol. The topological polar surface area (TPSA) is 98.0 Å². The van der Waals surface area contributed by atoms with Crippen LogP contribution in [0.4, 0.5) is 11.5 Å². The van der Waals surface area contributed by atoms with E-state index >= 15 is 0 Å². The van der Waals surface area contributed by atoms with E-state index in [0.29, 0.717) is 0 Å². The number of nitrogens with zero attached hydrogens (tertiary/aromatic N) is 3. The predicted molar refractivity (Wildman–Crippen MR) is 68.1 cm³/mol. The second kappa shape index (κ2) is 5.40. The zero-order valence-corrected chi connectivity index (χ0v) is 10.2. The lowest BCUT2D eigenvalue weighted by atomic mass is 10.1. The third-order valence-electron chi connectivity index (χ3n) is 2.23. The molecule has 7 nitrogen and oxygen atoms in total. The highest BCUT2D eigenvalue weighted by molar-refractivity contribution is 6.33. The Labute approximate surface area is 112 Å². The van der Waals surface area contributed by atoms with Crippen molar-refractivity contribution in [3.63, 3.8) is 0 Å². The summed E-state index contributed by atoms with van der Waals surface area (Å²) in [5.74, 6) is -0.475. The Bertz CT molecular complexity index is 633. The normalized spacial score (nSPS) is 9.95. The van der Waals surface area contributed by atoms with Gasteiger partial charge in [0.15, 0.2) is 5.82 Å². The minimum Gasteiger partial charge on any atom is -0.305 e. The van der Waals surface area contributed by atoms with E-state index in [1.54, 1.807) is 6.07 Å². The zero-order valence-electron chi connectivity index (χ0n) is 9.41. The van der Waals surface area contributed by atoms with Crippen molar-refractivity contribution >= 4 is 29.0 Å². The van der Waals surface area contributed by atoms with Crippen molar-refractivity contribution in [2.24, 2.45) is 0 Å². The fourth-order valence-corrected chi connectivity index (χ4v) is 1.68. The molecule has 0 aliphatic carbocycles. The molecule has 0 unspecified atom stereocenters. The number of benzene rings is 1. The smallest absolute Gasteiger partial charge is 0.300 e. The van der Waals surface area contributed by atoms with Gasteiger partial charge in [0.25, 0.3) is 5.91 Å². The Morgan fingerprint density at radius 1 is 1.32 bits per heavy atom.